The second-order valence-corrected chi connectivity index (χ2v) is 7.08. The zero-order valence-electron chi connectivity index (χ0n) is 11.9. The van der Waals surface area contributed by atoms with Crippen molar-refractivity contribution in [3.63, 3.8) is 0 Å². The average Bonchev–Trinajstić information content (AvgIpc) is 2.60. The predicted molar refractivity (Wildman–Crippen MR) is 76.5 cm³/mol. The molecule has 1 aliphatic heterocycles. The molecule has 20 heavy (non-hydrogen) atoms. The fourth-order valence-electron chi connectivity index (χ4n) is 2.65. The Morgan fingerprint density at radius 2 is 2.00 bits per heavy atom. The molecule has 4 nitrogen and oxygen atoms in total. The van der Waals surface area contributed by atoms with E-state index in [0.29, 0.717) is 13.1 Å². The molecule has 1 heterocycles. The van der Waals surface area contributed by atoms with E-state index in [9.17, 15) is 12.8 Å². The summed E-state index contributed by atoms with van der Waals surface area (Å²) in [5.74, 6) is -0.681. The Bertz CT molecular complexity index is 562. The van der Waals surface area contributed by atoms with E-state index in [1.165, 1.54) is 22.5 Å². The second-order valence-electron chi connectivity index (χ2n) is 5.22. The van der Waals surface area contributed by atoms with Crippen LogP contribution in [0.15, 0.2) is 29.2 Å². The lowest BCUT2D eigenvalue weighted by Gasteiger charge is -2.29. The van der Waals surface area contributed by atoms with Crippen LogP contribution in [0.1, 0.15) is 19.8 Å². The molecule has 112 valence electrons. The van der Waals surface area contributed by atoms with Crippen LogP contribution in [-0.4, -0.2) is 50.3 Å². The van der Waals surface area contributed by atoms with Gasteiger partial charge in [-0.25, -0.2) is 12.8 Å². The zero-order valence-corrected chi connectivity index (χ0v) is 12.7. The Morgan fingerprint density at radius 1 is 1.30 bits per heavy atom. The highest BCUT2D eigenvalue weighted by Gasteiger charge is 2.34. The summed E-state index contributed by atoms with van der Waals surface area (Å²) in [6, 6.07) is 5.49. The van der Waals surface area contributed by atoms with Crippen molar-refractivity contribution in [2.75, 3.05) is 26.7 Å². The molecule has 1 aliphatic rings. The Hall–Kier alpha value is -0.980. The molecule has 0 amide bonds. The largest absolute Gasteiger partial charge is 0.305 e. The molecule has 0 N–H and O–H groups in total. The van der Waals surface area contributed by atoms with Crippen molar-refractivity contribution in [1.29, 1.82) is 0 Å². The van der Waals surface area contributed by atoms with Gasteiger partial charge in [0.1, 0.15) is 10.7 Å². The van der Waals surface area contributed by atoms with Crippen molar-refractivity contribution in [1.82, 2.24) is 9.21 Å². The van der Waals surface area contributed by atoms with Gasteiger partial charge in [0.25, 0.3) is 0 Å². The molecule has 1 aromatic rings. The highest BCUT2D eigenvalue weighted by molar-refractivity contribution is 7.89. The van der Waals surface area contributed by atoms with Gasteiger partial charge in [-0.05, 0) is 38.6 Å². The standard InChI is InChI=1S/C14H21FN2O2S/c1-3-12-11-16(2)9-6-10-17(12)20(18,19)14-8-5-4-7-13(14)15/h4-5,7-8,12H,3,6,9-11H2,1-2H3. The van der Waals surface area contributed by atoms with Crippen molar-refractivity contribution in [2.24, 2.45) is 0 Å². The molecule has 1 aromatic carbocycles. The van der Waals surface area contributed by atoms with Crippen molar-refractivity contribution >= 4 is 10.0 Å². The van der Waals surface area contributed by atoms with Crippen LogP contribution in [0.3, 0.4) is 0 Å². The van der Waals surface area contributed by atoms with Crippen molar-refractivity contribution < 1.29 is 12.8 Å². The molecular weight excluding hydrogens is 279 g/mol. The molecule has 1 fully saturated rings. The van der Waals surface area contributed by atoms with Gasteiger partial charge in [0, 0.05) is 19.1 Å². The van der Waals surface area contributed by atoms with E-state index in [1.807, 2.05) is 14.0 Å². The molecule has 0 saturated carbocycles. The Labute approximate surface area is 120 Å². The van der Waals surface area contributed by atoms with Crippen LogP contribution in [0, 0.1) is 5.82 Å². The highest BCUT2D eigenvalue weighted by atomic mass is 32.2. The number of nitrogens with zero attached hydrogens (tertiary/aromatic N) is 2. The molecule has 1 atom stereocenters. The first-order valence-corrected chi connectivity index (χ1v) is 8.35. The Morgan fingerprint density at radius 3 is 2.65 bits per heavy atom. The first-order chi connectivity index (χ1) is 9.46. The molecule has 0 radical (unpaired) electrons. The SMILES string of the molecule is CCC1CN(C)CCCN1S(=O)(=O)c1ccccc1F. The third-order valence-corrected chi connectivity index (χ3v) is 5.73. The number of halogens is 1. The number of benzene rings is 1. The van der Waals surface area contributed by atoms with Gasteiger partial charge in [0.2, 0.25) is 10.0 Å². The fourth-order valence-corrected chi connectivity index (χ4v) is 4.45. The summed E-state index contributed by atoms with van der Waals surface area (Å²) in [5, 5.41) is 0. The quantitative estimate of drug-likeness (QED) is 0.856. The number of sulfonamides is 1. The van der Waals surface area contributed by atoms with Gasteiger partial charge < -0.3 is 4.90 Å². The first-order valence-electron chi connectivity index (χ1n) is 6.91. The van der Waals surface area contributed by atoms with Crippen LogP contribution in [0.5, 0.6) is 0 Å². The lowest BCUT2D eigenvalue weighted by atomic mass is 10.2. The van der Waals surface area contributed by atoms with Gasteiger partial charge in [-0.2, -0.15) is 4.31 Å². The highest BCUT2D eigenvalue weighted by Crippen LogP contribution is 2.24. The van der Waals surface area contributed by atoms with Gasteiger partial charge in [-0.1, -0.05) is 19.1 Å². The lowest BCUT2D eigenvalue weighted by molar-refractivity contribution is 0.270. The first kappa shape index (κ1) is 15.4. The molecule has 0 aromatic heterocycles. The topological polar surface area (TPSA) is 40.6 Å². The zero-order chi connectivity index (χ0) is 14.8. The van der Waals surface area contributed by atoms with Crippen LogP contribution in [-0.2, 0) is 10.0 Å². The van der Waals surface area contributed by atoms with E-state index in [-0.39, 0.29) is 10.9 Å². The summed E-state index contributed by atoms with van der Waals surface area (Å²) in [6.07, 6.45) is 1.48. The molecule has 0 bridgehead atoms. The summed E-state index contributed by atoms with van der Waals surface area (Å²) < 4.78 is 40.7. The molecule has 6 heteroatoms. The van der Waals surface area contributed by atoms with Crippen molar-refractivity contribution in [2.45, 2.75) is 30.7 Å². The number of hydrogen-bond donors (Lipinski definition) is 0. The third kappa shape index (κ3) is 3.02. The molecule has 0 spiro atoms. The maximum Gasteiger partial charge on any atom is 0.246 e. The van der Waals surface area contributed by atoms with E-state index in [0.717, 1.165) is 19.4 Å². The van der Waals surface area contributed by atoms with Gasteiger partial charge in [0.05, 0.1) is 0 Å². The number of likely N-dealkylation sites (N-methyl/N-ethyl adjacent to an activating group) is 1. The second kappa shape index (κ2) is 6.20. The van der Waals surface area contributed by atoms with Crippen LogP contribution in [0.2, 0.25) is 0 Å². The van der Waals surface area contributed by atoms with E-state index in [4.69, 9.17) is 0 Å². The summed E-state index contributed by atoms with van der Waals surface area (Å²) in [7, 11) is -1.78. The molecular formula is C14H21FN2O2S. The van der Waals surface area contributed by atoms with Gasteiger partial charge in [-0.3, -0.25) is 0 Å². The smallest absolute Gasteiger partial charge is 0.246 e. The van der Waals surface area contributed by atoms with E-state index >= 15 is 0 Å². The predicted octanol–water partition coefficient (Wildman–Crippen LogP) is 1.93. The molecule has 2 rings (SSSR count). The van der Waals surface area contributed by atoms with E-state index in [2.05, 4.69) is 4.90 Å². The third-order valence-electron chi connectivity index (χ3n) is 3.74. The minimum atomic E-state index is -3.77. The normalized spacial score (nSPS) is 22.6. The lowest BCUT2D eigenvalue weighted by Crippen LogP contribution is -2.43. The Balaban J connectivity index is 2.39. The molecule has 1 saturated heterocycles. The summed E-state index contributed by atoms with van der Waals surface area (Å²) >= 11 is 0. The maximum absolute atomic E-state index is 13.8. The maximum atomic E-state index is 13.8. The minimum Gasteiger partial charge on any atom is -0.305 e. The van der Waals surface area contributed by atoms with E-state index in [1.54, 1.807) is 6.07 Å². The minimum absolute atomic E-state index is 0.105. The number of hydrogen-bond acceptors (Lipinski definition) is 3. The Kier molecular flexibility index (Phi) is 4.78. The van der Waals surface area contributed by atoms with Crippen LogP contribution < -0.4 is 0 Å². The van der Waals surface area contributed by atoms with E-state index < -0.39 is 15.8 Å². The van der Waals surface area contributed by atoms with Crippen molar-refractivity contribution in [3.05, 3.63) is 30.1 Å². The van der Waals surface area contributed by atoms with Crippen LogP contribution >= 0.6 is 0 Å². The summed E-state index contributed by atoms with van der Waals surface area (Å²) in [6.45, 7) is 3.96. The fraction of sp³-hybridized carbons (Fsp3) is 0.571. The monoisotopic (exact) mass is 300 g/mol. The number of rotatable bonds is 3. The van der Waals surface area contributed by atoms with Crippen LogP contribution in [0.4, 0.5) is 4.39 Å². The van der Waals surface area contributed by atoms with Gasteiger partial charge >= 0.3 is 0 Å². The summed E-state index contributed by atoms with van der Waals surface area (Å²) in [4.78, 5) is 1.91. The average molecular weight is 300 g/mol. The van der Waals surface area contributed by atoms with Gasteiger partial charge in [0.15, 0.2) is 0 Å². The molecule has 1 unspecified atom stereocenters. The van der Waals surface area contributed by atoms with Crippen LogP contribution in [0.25, 0.3) is 0 Å². The van der Waals surface area contributed by atoms with Gasteiger partial charge in [-0.15, -0.1) is 0 Å². The molecule has 0 aliphatic carbocycles. The summed E-state index contributed by atoms with van der Waals surface area (Å²) in [5.41, 5.74) is 0. The van der Waals surface area contributed by atoms with Crippen molar-refractivity contribution in [3.8, 4) is 0 Å².